The maximum Gasteiger partial charge on any atom is 0.296 e. The van der Waals surface area contributed by atoms with Crippen molar-refractivity contribution in [3.8, 4) is 0 Å². The Hall–Kier alpha value is -3.44. The molecule has 6 heteroatoms. The first-order valence-electron chi connectivity index (χ1n) is 8.95. The number of aromatic nitrogens is 1. The molecule has 0 aliphatic heterocycles. The number of halogens is 2. The van der Waals surface area contributed by atoms with Crippen LogP contribution in [0.1, 0.15) is 15.9 Å². The normalized spacial score (nSPS) is 10.8. The molecular formula is C23H16ClFN2O2. The van der Waals surface area contributed by atoms with Crippen molar-refractivity contribution in [3.63, 3.8) is 0 Å². The summed E-state index contributed by atoms with van der Waals surface area (Å²) in [7, 11) is 0. The Kier molecular flexibility index (Phi) is 5.14. The lowest BCUT2D eigenvalue weighted by atomic mass is 10.1. The minimum absolute atomic E-state index is 0.230. The van der Waals surface area contributed by atoms with Crippen LogP contribution in [0.15, 0.2) is 79.0 Å². The molecule has 4 aromatic rings. The summed E-state index contributed by atoms with van der Waals surface area (Å²) in [6.45, 7) is 0.524. The molecule has 144 valence electrons. The van der Waals surface area contributed by atoms with Crippen molar-refractivity contribution in [2.24, 2.45) is 0 Å². The van der Waals surface area contributed by atoms with Gasteiger partial charge in [-0.15, -0.1) is 0 Å². The van der Waals surface area contributed by atoms with E-state index in [1.807, 2.05) is 34.9 Å². The van der Waals surface area contributed by atoms with Gasteiger partial charge in [0.2, 0.25) is 0 Å². The molecule has 0 radical (unpaired) electrons. The predicted octanol–water partition coefficient (Wildman–Crippen LogP) is 5.30. The lowest BCUT2D eigenvalue weighted by Crippen LogP contribution is -2.22. The van der Waals surface area contributed by atoms with E-state index in [1.165, 1.54) is 18.2 Å². The molecule has 0 saturated carbocycles. The summed E-state index contributed by atoms with van der Waals surface area (Å²) < 4.78 is 15.3. The Balaban J connectivity index is 1.65. The van der Waals surface area contributed by atoms with Gasteiger partial charge in [0.05, 0.1) is 5.56 Å². The fourth-order valence-electron chi connectivity index (χ4n) is 3.22. The molecule has 0 fully saturated rings. The van der Waals surface area contributed by atoms with Gasteiger partial charge < -0.3 is 9.88 Å². The summed E-state index contributed by atoms with van der Waals surface area (Å²) >= 11 is 5.95. The number of hydrogen-bond acceptors (Lipinski definition) is 2. The van der Waals surface area contributed by atoms with Crippen molar-refractivity contribution in [3.05, 3.63) is 101 Å². The van der Waals surface area contributed by atoms with Crippen molar-refractivity contribution >= 4 is 39.9 Å². The molecule has 0 saturated heterocycles. The predicted molar refractivity (Wildman–Crippen MR) is 112 cm³/mol. The molecule has 1 amide bonds. The Morgan fingerprint density at radius 3 is 2.48 bits per heavy atom. The van der Waals surface area contributed by atoms with E-state index in [0.717, 1.165) is 17.1 Å². The van der Waals surface area contributed by atoms with Crippen LogP contribution >= 0.6 is 11.6 Å². The highest BCUT2D eigenvalue weighted by Gasteiger charge is 2.22. The number of para-hydroxylation sites is 1. The van der Waals surface area contributed by atoms with Crippen LogP contribution < -0.4 is 5.32 Å². The highest BCUT2D eigenvalue weighted by Crippen LogP contribution is 2.24. The zero-order valence-corrected chi connectivity index (χ0v) is 16.0. The zero-order chi connectivity index (χ0) is 20.4. The van der Waals surface area contributed by atoms with Crippen LogP contribution in [0.3, 0.4) is 0 Å². The number of ketones is 1. The fraction of sp³-hybridized carbons (Fsp3) is 0.0435. The van der Waals surface area contributed by atoms with E-state index in [9.17, 15) is 14.0 Å². The highest BCUT2D eigenvalue weighted by atomic mass is 35.5. The molecule has 29 heavy (non-hydrogen) atoms. The van der Waals surface area contributed by atoms with Crippen molar-refractivity contribution in [2.45, 2.75) is 6.54 Å². The number of rotatable bonds is 5. The molecule has 0 spiro atoms. The number of nitrogens with one attached hydrogen (secondary N) is 1. The van der Waals surface area contributed by atoms with E-state index >= 15 is 0 Å². The Morgan fingerprint density at radius 2 is 1.72 bits per heavy atom. The van der Waals surface area contributed by atoms with E-state index in [1.54, 1.807) is 24.4 Å². The van der Waals surface area contributed by atoms with Crippen molar-refractivity contribution in [1.29, 1.82) is 0 Å². The molecule has 0 bridgehead atoms. The molecule has 0 atom stereocenters. The van der Waals surface area contributed by atoms with Crippen molar-refractivity contribution in [1.82, 2.24) is 4.57 Å². The van der Waals surface area contributed by atoms with E-state index in [2.05, 4.69) is 5.32 Å². The molecule has 1 N–H and O–H groups in total. The first kappa shape index (κ1) is 18.9. The third-order valence-corrected chi connectivity index (χ3v) is 4.84. The summed E-state index contributed by atoms with van der Waals surface area (Å²) in [5.74, 6) is -1.99. The molecule has 3 aromatic carbocycles. The molecule has 1 aromatic heterocycles. The first-order chi connectivity index (χ1) is 14.0. The fourth-order valence-corrected chi connectivity index (χ4v) is 3.35. The molecule has 0 aliphatic carbocycles. The van der Waals surface area contributed by atoms with E-state index in [4.69, 9.17) is 11.6 Å². The van der Waals surface area contributed by atoms with Gasteiger partial charge in [-0.2, -0.15) is 0 Å². The van der Waals surface area contributed by atoms with Crippen molar-refractivity contribution in [2.75, 3.05) is 5.32 Å². The molecule has 4 rings (SSSR count). The van der Waals surface area contributed by atoms with Crippen LogP contribution in [-0.4, -0.2) is 16.3 Å². The van der Waals surface area contributed by atoms with Gasteiger partial charge >= 0.3 is 0 Å². The Labute approximate surface area is 171 Å². The summed E-state index contributed by atoms with van der Waals surface area (Å²) in [6.07, 6.45) is 1.67. The number of nitrogens with zero attached hydrogens (tertiary/aromatic N) is 1. The van der Waals surface area contributed by atoms with Crippen LogP contribution in [0.2, 0.25) is 5.02 Å². The lowest BCUT2D eigenvalue weighted by molar-refractivity contribution is -0.112. The van der Waals surface area contributed by atoms with E-state index in [0.29, 0.717) is 22.5 Å². The summed E-state index contributed by atoms with van der Waals surface area (Å²) in [5, 5.41) is 3.79. The third kappa shape index (κ3) is 4.05. The van der Waals surface area contributed by atoms with Gasteiger partial charge in [-0.3, -0.25) is 9.59 Å². The third-order valence-electron chi connectivity index (χ3n) is 4.59. The number of benzene rings is 3. The number of hydrogen-bond donors (Lipinski definition) is 1. The zero-order valence-electron chi connectivity index (χ0n) is 15.2. The minimum atomic E-state index is -0.815. The number of anilines is 1. The maximum absolute atomic E-state index is 13.3. The van der Waals surface area contributed by atoms with Gasteiger partial charge in [0.25, 0.3) is 11.7 Å². The minimum Gasteiger partial charge on any atom is -0.342 e. The second-order valence-corrected chi connectivity index (χ2v) is 7.04. The Morgan fingerprint density at radius 1 is 0.966 bits per heavy atom. The smallest absolute Gasteiger partial charge is 0.296 e. The standard InChI is InChI=1S/C23H16ClFN2O2/c24-16-10-8-15(9-11-16)13-27-14-20(19-6-1-2-7-21(19)27)22(28)23(29)26-18-5-3-4-17(25)12-18/h1-12,14H,13H2,(H,26,29). The largest absolute Gasteiger partial charge is 0.342 e. The van der Waals surface area contributed by atoms with Gasteiger partial charge in [0, 0.05) is 34.4 Å². The van der Waals surface area contributed by atoms with Crippen LogP contribution in [0.5, 0.6) is 0 Å². The van der Waals surface area contributed by atoms with Crippen LogP contribution in [-0.2, 0) is 11.3 Å². The number of Topliss-reactive ketones (excluding diaryl/α,β-unsaturated/α-hetero) is 1. The first-order valence-corrected chi connectivity index (χ1v) is 9.32. The van der Waals surface area contributed by atoms with Gasteiger partial charge in [-0.1, -0.05) is 48.0 Å². The van der Waals surface area contributed by atoms with E-state index in [-0.39, 0.29) is 5.69 Å². The summed E-state index contributed by atoms with van der Waals surface area (Å²) in [6, 6.07) is 20.2. The van der Waals surface area contributed by atoms with E-state index < -0.39 is 17.5 Å². The number of carbonyl (C=O) groups excluding carboxylic acids is 2. The van der Waals surface area contributed by atoms with Crippen molar-refractivity contribution < 1.29 is 14.0 Å². The molecule has 0 aliphatic rings. The Bertz CT molecular complexity index is 1220. The SMILES string of the molecule is O=C(Nc1cccc(F)c1)C(=O)c1cn(Cc2ccc(Cl)cc2)c2ccccc12. The molecular weight excluding hydrogens is 391 g/mol. The summed E-state index contributed by atoms with van der Waals surface area (Å²) in [5.41, 5.74) is 2.37. The molecule has 1 heterocycles. The second kappa shape index (κ2) is 7.89. The van der Waals surface area contributed by atoms with Gasteiger partial charge in [-0.05, 0) is 42.0 Å². The number of carbonyl (C=O) groups is 2. The van der Waals surface area contributed by atoms with Crippen LogP contribution in [0.25, 0.3) is 10.9 Å². The van der Waals surface area contributed by atoms with Crippen LogP contribution in [0.4, 0.5) is 10.1 Å². The molecule has 4 nitrogen and oxygen atoms in total. The van der Waals surface area contributed by atoms with Gasteiger partial charge in [0.1, 0.15) is 5.82 Å². The quantitative estimate of drug-likeness (QED) is 0.361. The number of fused-ring (bicyclic) bond motifs is 1. The average Bonchev–Trinajstić information content (AvgIpc) is 3.08. The monoisotopic (exact) mass is 406 g/mol. The summed E-state index contributed by atoms with van der Waals surface area (Å²) in [4.78, 5) is 25.3. The van der Waals surface area contributed by atoms with Gasteiger partial charge in [-0.25, -0.2) is 4.39 Å². The second-order valence-electron chi connectivity index (χ2n) is 6.61. The lowest BCUT2D eigenvalue weighted by Gasteiger charge is -2.05. The topological polar surface area (TPSA) is 51.1 Å². The molecule has 0 unspecified atom stereocenters. The number of amides is 1. The van der Waals surface area contributed by atoms with Gasteiger partial charge in [0.15, 0.2) is 0 Å². The highest BCUT2D eigenvalue weighted by molar-refractivity contribution is 6.48. The maximum atomic E-state index is 13.3. The van der Waals surface area contributed by atoms with Crippen LogP contribution in [0, 0.1) is 5.82 Å². The average molecular weight is 407 g/mol.